The van der Waals surface area contributed by atoms with Crippen molar-refractivity contribution in [3.63, 3.8) is 0 Å². The summed E-state index contributed by atoms with van der Waals surface area (Å²) in [5.41, 5.74) is 4.40. The number of hydrogen-bond donors (Lipinski definition) is 2. The molecule has 0 aromatic heterocycles. The van der Waals surface area contributed by atoms with Crippen LogP contribution < -0.4 is 5.32 Å². The van der Waals surface area contributed by atoms with Crippen LogP contribution in [0.25, 0.3) is 23.0 Å². The largest absolute Gasteiger partial charge is 0.480 e. The lowest BCUT2D eigenvalue weighted by Gasteiger charge is -2.14. The Morgan fingerprint density at radius 1 is 0.903 bits per heavy atom. The molecule has 3 aromatic rings. The Balaban J connectivity index is 1.42. The van der Waals surface area contributed by atoms with E-state index in [1.165, 1.54) is 6.08 Å². The van der Waals surface area contributed by atoms with E-state index >= 15 is 0 Å². The van der Waals surface area contributed by atoms with Gasteiger partial charge in [0.1, 0.15) is 5.76 Å². The van der Waals surface area contributed by atoms with Crippen LogP contribution in [-0.2, 0) is 14.3 Å². The molecule has 1 unspecified atom stereocenters. The van der Waals surface area contributed by atoms with Crippen molar-refractivity contribution >= 4 is 29.4 Å². The number of carboxylic acid groups (broad SMARTS) is 1. The molecular formula is C26H21NO4. The fourth-order valence-electron chi connectivity index (χ4n) is 3.40. The Kier molecular flexibility index (Phi) is 5.94. The van der Waals surface area contributed by atoms with Crippen LogP contribution >= 0.6 is 0 Å². The number of carboxylic acids is 1. The first-order valence-electron chi connectivity index (χ1n) is 9.93. The van der Waals surface area contributed by atoms with Gasteiger partial charge in [-0.15, -0.1) is 0 Å². The maximum Gasteiger partial charge on any atom is 0.328 e. The van der Waals surface area contributed by atoms with E-state index in [4.69, 9.17) is 9.84 Å². The van der Waals surface area contributed by atoms with Gasteiger partial charge in [0.25, 0.3) is 5.91 Å². The van der Waals surface area contributed by atoms with Gasteiger partial charge in [-0.05, 0) is 47.0 Å². The minimum Gasteiger partial charge on any atom is -0.480 e. The Morgan fingerprint density at radius 2 is 1.65 bits per heavy atom. The van der Waals surface area contributed by atoms with E-state index in [-0.39, 0.29) is 5.91 Å². The highest BCUT2D eigenvalue weighted by atomic mass is 16.5. The average molecular weight is 411 g/mol. The molecule has 4 rings (SSSR count). The third-order valence-corrected chi connectivity index (χ3v) is 4.91. The fraction of sp³-hybridized carbons (Fsp3) is 0.0769. The molecule has 5 heteroatoms. The lowest BCUT2D eigenvalue weighted by Crippen LogP contribution is -2.27. The molecule has 0 saturated carbocycles. The number of amides is 1. The molecular weight excluding hydrogens is 390 g/mol. The molecule has 0 spiro atoms. The van der Waals surface area contributed by atoms with Crippen molar-refractivity contribution < 1.29 is 19.4 Å². The van der Waals surface area contributed by atoms with Gasteiger partial charge >= 0.3 is 5.97 Å². The van der Waals surface area contributed by atoms with Gasteiger partial charge in [-0.1, -0.05) is 60.7 Å². The predicted octanol–water partition coefficient (Wildman–Crippen LogP) is 5.22. The summed E-state index contributed by atoms with van der Waals surface area (Å²) >= 11 is 0. The Bertz CT molecular complexity index is 1160. The molecule has 1 aliphatic heterocycles. The van der Waals surface area contributed by atoms with Crippen LogP contribution in [0, 0.1) is 0 Å². The van der Waals surface area contributed by atoms with E-state index in [0.717, 1.165) is 22.8 Å². The summed E-state index contributed by atoms with van der Waals surface area (Å²) < 4.78 is 5.94. The zero-order valence-corrected chi connectivity index (χ0v) is 16.7. The van der Waals surface area contributed by atoms with Crippen LogP contribution in [0.1, 0.15) is 17.5 Å². The summed E-state index contributed by atoms with van der Waals surface area (Å²) in [5.74, 6) is -0.579. The molecule has 0 aliphatic carbocycles. The van der Waals surface area contributed by atoms with Crippen molar-refractivity contribution in [3.8, 4) is 11.1 Å². The van der Waals surface area contributed by atoms with Crippen molar-refractivity contribution in [2.75, 3.05) is 5.32 Å². The van der Waals surface area contributed by atoms with Crippen LogP contribution in [-0.4, -0.2) is 23.1 Å². The highest BCUT2D eigenvalue weighted by molar-refractivity contribution is 5.96. The van der Waals surface area contributed by atoms with Gasteiger partial charge in [-0.2, -0.15) is 0 Å². The second-order valence-corrected chi connectivity index (χ2v) is 7.14. The smallest absolute Gasteiger partial charge is 0.328 e. The number of carbonyl (C=O) groups is 2. The topological polar surface area (TPSA) is 75.6 Å². The molecule has 0 bridgehead atoms. The summed E-state index contributed by atoms with van der Waals surface area (Å²) in [5, 5.41) is 11.6. The van der Waals surface area contributed by atoms with Crippen LogP contribution in [0.4, 0.5) is 5.69 Å². The van der Waals surface area contributed by atoms with E-state index in [1.807, 2.05) is 42.5 Å². The van der Waals surface area contributed by atoms with E-state index in [2.05, 4.69) is 23.5 Å². The number of aliphatic carboxylic acids is 1. The second-order valence-electron chi connectivity index (χ2n) is 7.14. The summed E-state index contributed by atoms with van der Waals surface area (Å²) in [7, 11) is 0. The molecule has 2 N–H and O–H groups in total. The zero-order chi connectivity index (χ0) is 21.6. The summed E-state index contributed by atoms with van der Waals surface area (Å²) in [4.78, 5) is 23.4. The van der Waals surface area contributed by atoms with Crippen LogP contribution in [0.5, 0.6) is 0 Å². The number of anilines is 1. The van der Waals surface area contributed by atoms with Gasteiger partial charge in [0.2, 0.25) is 0 Å². The number of benzene rings is 3. The molecule has 3 aromatic carbocycles. The van der Waals surface area contributed by atoms with Gasteiger partial charge in [0, 0.05) is 23.7 Å². The van der Waals surface area contributed by atoms with Crippen molar-refractivity contribution in [1.29, 1.82) is 0 Å². The average Bonchev–Trinajstić information content (AvgIpc) is 3.29. The fourth-order valence-corrected chi connectivity index (χ4v) is 3.40. The zero-order valence-electron chi connectivity index (χ0n) is 16.7. The molecule has 0 saturated heterocycles. The summed E-state index contributed by atoms with van der Waals surface area (Å²) in [6, 6.07) is 25.1. The third kappa shape index (κ3) is 5.08. The second kappa shape index (κ2) is 9.13. The van der Waals surface area contributed by atoms with Gasteiger partial charge in [0.05, 0.1) is 0 Å². The highest BCUT2D eigenvalue weighted by Crippen LogP contribution is 2.30. The lowest BCUT2D eigenvalue weighted by atomic mass is 10.0. The lowest BCUT2D eigenvalue weighted by molar-refractivity contribution is -0.131. The molecule has 1 atom stereocenters. The Labute approximate surface area is 180 Å². The van der Waals surface area contributed by atoms with E-state index in [9.17, 15) is 9.59 Å². The van der Waals surface area contributed by atoms with Gasteiger partial charge in [-0.3, -0.25) is 4.79 Å². The number of rotatable bonds is 6. The van der Waals surface area contributed by atoms with Crippen molar-refractivity contribution in [3.05, 3.63) is 102 Å². The first-order chi connectivity index (χ1) is 15.1. The molecule has 154 valence electrons. The van der Waals surface area contributed by atoms with Crippen LogP contribution in [0.2, 0.25) is 0 Å². The number of carbonyl (C=O) groups excluding carboxylic acids is 1. The molecule has 1 aliphatic rings. The Morgan fingerprint density at radius 3 is 2.45 bits per heavy atom. The monoisotopic (exact) mass is 411 g/mol. The number of nitrogens with one attached hydrogen (secondary N) is 1. The first kappa shape index (κ1) is 20.2. The third-order valence-electron chi connectivity index (χ3n) is 4.91. The van der Waals surface area contributed by atoms with Gasteiger partial charge in [0.15, 0.2) is 6.10 Å². The minimum atomic E-state index is -1.02. The summed E-state index contributed by atoms with van der Waals surface area (Å²) in [6.45, 7) is 0. The van der Waals surface area contributed by atoms with Crippen molar-refractivity contribution in [2.45, 2.75) is 12.5 Å². The summed E-state index contributed by atoms with van der Waals surface area (Å²) in [6.07, 6.45) is 4.33. The van der Waals surface area contributed by atoms with Crippen LogP contribution in [0.3, 0.4) is 0 Å². The normalized spacial score (nSPS) is 15.4. The molecule has 1 amide bonds. The molecule has 5 nitrogen and oxygen atoms in total. The molecule has 0 radical (unpaired) electrons. The predicted molar refractivity (Wildman–Crippen MR) is 121 cm³/mol. The van der Waals surface area contributed by atoms with E-state index in [1.54, 1.807) is 24.3 Å². The van der Waals surface area contributed by atoms with E-state index < -0.39 is 12.1 Å². The first-order valence-corrected chi connectivity index (χ1v) is 9.93. The number of ether oxygens (including phenoxy) is 1. The maximum absolute atomic E-state index is 12.7. The standard InChI is InChI=1S/C26H21NO4/c28-25(29)15-12-18-6-4-11-22(16-18)27-26(30)24-14-13-23(31-24)21-10-5-9-20(17-21)19-7-2-1-3-8-19/h1-13,15-17,24H,14H2,(H,27,30)(H,28,29)/b15-12+. The minimum absolute atomic E-state index is 0.246. The van der Waals surface area contributed by atoms with Crippen LogP contribution in [0.15, 0.2) is 91.0 Å². The number of hydrogen-bond acceptors (Lipinski definition) is 3. The Hall–Kier alpha value is -4.12. The molecule has 31 heavy (non-hydrogen) atoms. The molecule has 0 fully saturated rings. The quantitative estimate of drug-likeness (QED) is 0.545. The molecule has 1 heterocycles. The van der Waals surface area contributed by atoms with Gasteiger partial charge < -0.3 is 15.2 Å². The highest BCUT2D eigenvalue weighted by Gasteiger charge is 2.26. The van der Waals surface area contributed by atoms with E-state index in [0.29, 0.717) is 23.4 Å². The SMILES string of the molecule is O=C(O)/C=C/c1cccc(NC(=O)C2CC=C(c3cccc(-c4ccccc4)c3)O2)c1. The van der Waals surface area contributed by atoms with Crippen molar-refractivity contribution in [2.24, 2.45) is 0 Å². The van der Waals surface area contributed by atoms with Gasteiger partial charge in [-0.25, -0.2) is 4.79 Å². The van der Waals surface area contributed by atoms with Crippen molar-refractivity contribution in [1.82, 2.24) is 0 Å². The maximum atomic E-state index is 12.7.